The third kappa shape index (κ3) is 2.85. The first-order valence-corrected chi connectivity index (χ1v) is 9.79. The van der Waals surface area contributed by atoms with Gasteiger partial charge in [-0.2, -0.15) is 16.9 Å². The van der Waals surface area contributed by atoms with Crippen LogP contribution in [0.4, 0.5) is 5.82 Å². The number of hydrogen-bond donors (Lipinski definition) is 1. The number of aryl methyl sites for hydroxylation is 1. The second-order valence-electron chi connectivity index (χ2n) is 5.57. The summed E-state index contributed by atoms with van der Waals surface area (Å²) in [6, 6.07) is 11.6. The highest BCUT2D eigenvalue weighted by Gasteiger charge is 2.25. The van der Waals surface area contributed by atoms with Crippen LogP contribution in [-0.4, -0.2) is 15.7 Å². The van der Waals surface area contributed by atoms with Gasteiger partial charge < -0.3 is 5.32 Å². The molecule has 0 aliphatic carbocycles. The molecule has 2 aromatic heterocycles. The molecule has 0 atom stereocenters. The van der Waals surface area contributed by atoms with Crippen molar-refractivity contribution >= 4 is 46.4 Å². The quantitative estimate of drug-likeness (QED) is 0.708. The van der Waals surface area contributed by atoms with Crippen molar-refractivity contribution < 1.29 is 4.79 Å². The summed E-state index contributed by atoms with van der Waals surface area (Å²) in [4.78, 5) is 13.1. The summed E-state index contributed by atoms with van der Waals surface area (Å²) in [5.41, 5.74) is 4.28. The molecule has 4 nitrogen and oxygen atoms in total. The van der Waals surface area contributed by atoms with Crippen molar-refractivity contribution in [2.75, 3.05) is 5.32 Å². The Labute approximate surface area is 152 Å². The number of rotatable bonds is 3. The van der Waals surface area contributed by atoms with Gasteiger partial charge in [-0.3, -0.25) is 4.79 Å². The molecule has 0 fully saturated rings. The number of aromatic nitrogens is 2. The van der Waals surface area contributed by atoms with Crippen LogP contribution in [0.25, 0.3) is 5.69 Å². The molecule has 1 amide bonds. The first-order chi connectivity index (χ1) is 11.6. The minimum absolute atomic E-state index is 0.153. The zero-order valence-corrected chi connectivity index (χ0v) is 15.3. The molecule has 3 heterocycles. The van der Waals surface area contributed by atoms with E-state index in [1.54, 1.807) is 12.1 Å². The maximum Gasteiger partial charge on any atom is 0.266 e. The van der Waals surface area contributed by atoms with Crippen molar-refractivity contribution in [2.45, 2.75) is 18.4 Å². The standard InChI is InChI=1S/C17H14ClN3OS2/c1-10-2-4-11(5-3-10)21-16(12-8-23-9-13(12)20-21)19-17(22)14-6-7-15(18)24-14/h2-7H,8-9H2,1H3,(H,19,22). The fourth-order valence-electron chi connectivity index (χ4n) is 2.62. The number of nitrogens with zero attached hydrogens (tertiary/aromatic N) is 2. The van der Waals surface area contributed by atoms with Gasteiger partial charge in [-0.1, -0.05) is 29.3 Å². The lowest BCUT2D eigenvalue weighted by Gasteiger charge is -2.10. The van der Waals surface area contributed by atoms with Gasteiger partial charge in [-0.25, -0.2) is 4.68 Å². The summed E-state index contributed by atoms with van der Waals surface area (Å²) < 4.78 is 2.43. The number of amides is 1. The van der Waals surface area contributed by atoms with Crippen LogP contribution in [0.1, 0.15) is 26.5 Å². The number of hydrogen-bond acceptors (Lipinski definition) is 4. The summed E-state index contributed by atoms with van der Waals surface area (Å²) in [5.74, 6) is 2.34. The fourth-order valence-corrected chi connectivity index (χ4v) is 4.59. The number of fused-ring (bicyclic) bond motifs is 1. The third-order valence-electron chi connectivity index (χ3n) is 3.86. The van der Waals surface area contributed by atoms with Crippen LogP contribution >= 0.6 is 34.7 Å². The average molecular weight is 376 g/mol. The Bertz CT molecular complexity index is 915. The zero-order chi connectivity index (χ0) is 16.7. The van der Waals surface area contributed by atoms with Gasteiger partial charge in [0.1, 0.15) is 5.82 Å². The summed E-state index contributed by atoms with van der Waals surface area (Å²) in [6.45, 7) is 2.05. The van der Waals surface area contributed by atoms with Crippen LogP contribution in [0.15, 0.2) is 36.4 Å². The molecule has 0 radical (unpaired) electrons. The van der Waals surface area contributed by atoms with E-state index in [0.29, 0.717) is 9.21 Å². The number of benzene rings is 1. The highest BCUT2D eigenvalue weighted by atomic mass is 35.5. The molecule has 0 spiro atoms. The smallest absolute Gasteiger partial charge is 0.266 e. The van der Waals surface area contributed by atoms with Crippen LogP contribution in [0.5, 0.6) is 0 Å². The molecular weight excluding hydrogens is 362 g/mol. The predicted molar refractivity (Wildman–Crippen MR) is 101 cm³/mol. The molecule has 0 bridgehead atoms. The third-order valence-corrected chi connectivity index (χ3v) is 6.06. The Morgan fingerprint density at radius 1 is 1.21 bits per heavy atom. The van der Waals surface area contributed by atoms with E-state index < -0.39 is 0 Å². The lowest BCUT2D eigenvalue weighted by Crippen LogP contribution is -2.15. The Balaban J connectivity index is 1.73. The summed E-state index contributed by atoms with van der Waals surface area (Å²) in [7, 11) is 0. The van der Waals surface area contributed by atoms with Crippen LogP contribution < -0.4 is 5.32 Å². The topological polar surface area (TPSA) is 46.9 Å². The molecule has 1 aromatic carbocycles. The predicted octanol–water partition coefficient (Wildman–Crippen LogP) is 4.89. The molecule has 4 rings (SSSR count). The van der Waals surface area contributed by atoms with Crippen LogP contribution in [-0.2, 0) is 11.5 Å². The largest absolute Gasteiger partial charge is 0.305 e. The van der Waals surface area contributed by atoms with Gasteiger partial charge in [-0.05, 0) is 31.2 Å². The van der Waals surface area contributed by atoms with Crippen molar-refractivity contribution in [1.29, 1.82) is 0 Å². The van der Waals surface area contributed by atoms with E-state index in [1.807, 2.05) is 47.6 Å². The van der Waals surface area contributed by atoms with Crippen molar-refractivity contribution in [2.24, 2.45) is 0 Å². The number of nitrogens with one attached hydrogen (secondary N) is 1. The molecule has 1 N–H and O–H groups in total. The first-order valence-electron chi connectivity index (χ1n) is 7.44. The Hall–Kier alpha value is -1.76. The van der Waals surface area contributed by atoms with Crippen molar-refractivity contribution in [1.82, 2.24) is 9.78 Å². The molecule has 3 aromatic rings. The van der Waals surface area contributed by atoms with E-state index in [9.17, 15) is 4.79 Å². The molecule has 122 valence electrons. The zero-order valence-electron chi connectivity index (χ0n) is 12.9. The van der Waals surface area contributed by atoms with Crippen molar-refractivity contribution in [3.8, 4) is 5.69 Å². The van der Waals surface area contributed by atoms with E-state index in [0.717, 1.165) is 34.3 Å². The number of thiophene rings is 1. The van der Waals surface area contributed by atoms with Gasteiger partial charge in [-0.15, -0.1) is 11.3 Å². The lowest BCUT2D eigenvalue weighted by atomic mass is 10.2. The second-order valence-corrected chi connectivity index (χ2v) is 8.27. The maximum atomic E-state index is 12.6. The van der Waals surface area contributed by atoms with Crippen molar-refractivity contribution in [3.05, 3.63) is 62.4 Å². The van der Waals surface area contributed by atoms with Gasteiger partial charge in [0.15, 0.2) is 0 Å². The highest BCUT2D eigenvalue weighted by Crippen LogP contribution is 2.36. The van der Waals surface area contributed by atoms with Crippen LogP contribution in [0, 0.1) is 6.92 Å². The molecule has 0 unspecified atom stereocenters. The summed E-state index contributed by atoms with van der Waals surface area (Å²) in [6.07, 6.45) is 0. The van der Waals surface area contributed by atoms with Gasteiger partial charge in [0.2, 0.25) is 0 Å². The van der Waals surface area contributed by atoms with E-state index >= 15 is 0 Å². The average Bonchev–Trinajstić information content (AvgIpc) is 3.26. The minimum atomic E-state index is -0.153. The molecule has 7 heteroatoms. The summed E-state index contributed by atoms with van der Waals surface area (Å²) >= 11 is 9.02. The van der Waals surface area contributed by atoms with Crippen LogP contribution in [0.2, 0.25) is 4.34 Å². The SMILES string of the molecule is Cc1ccc(-n2nc3c(c2NC(=O)c2ccc(Cl)s2)CSC3)cc1. The molecule has 24 heavy (non-hydrogen) atoms. The van der Waals surface area contributed by atoms with E-state index in [1.165, 1.54) is 16.9 Å². The maximum absolute atomic E-state index is 12.6. The molecule has 1 aliphatic heterocycles. The van der Waals surface area contributed by atoms with E-state index in [2.05, 4.69) is 5.32 Å². The lowest BCUT2D eigenvalue weighted by molar-refractivity contribution is 0.102. The highest BCUT2D eigenvalue weighted by molar-refractivity contribution is 7.98. The summed E-state index contributed by atoms with van der Waals surface area (Å²) in [5, 5.41) is 7.73. The molecule has 0 saturated carbocycles. The van der Waals surface area contributed by atoms with Gasteiger partial charge >= 0.3 is 0 Å². The number of carbonyl (C=O) groups is 1. The first kappa shape index (κ1) is 15.7. The molecule has 0 saturated heterocycles. The van der Waals surface area contributed by atoms with Gasteiger partial charge in [0.05, 0.1) is 20.6 Å². The normalized spacial score (nSPS) is 13.1. The Morgan fingerprint density at radius 2 is 2.00 bits per heavy atom. The number of thioether (sulfide) groups is 1. The Kier molecular flexibility index (Phi) is 4.12. The minimum Gasteiger partial charge on any atom is -0.305 e. The molecular formula is C17H14ClN3OS2. The number of carbonyl (C=O) groups excluding carboxylic acids is 1. The van der Waals surface area contributed by atoms with Crippen LogP contribution in [0.3, 0.4) is 0 Å². The Morgan fingerprint density at radius 3 is 2.71 bits per heavy atom. The molecule has 1 aliphatic rings. The van der Waals surface area contributed by atoms with Gasteiger partial charge in [0.25, 0.3) is 5.91 Å². The van der Waals surface area contributed by atoms with E-state index in [-0.39, 0.29) is 5.91 Å². The van der Waals surface area contributed by atoms with E-state index in [4.69, 9.17) is 16.7 Å². The van der Waals surface area contributed by atoms with Crippen molar-refractivity contribution in [3.63, 3.8) is 0 Å². The fraction of sp³-hybridized carbons (Fsp3) is 0.176. The monoisotopic (exact) mass is 375 g/mol. The second kappa shape index (κ2) is 6.27. The van der Waals surface area contributed by atoms with Gasteiger partial charge in [0, 0.05) is 17.1 Å². The number of halogens is 1. The number of anilines is 1.